The maximum atomic E-state index is 13.0. The number of benzene rings is 2. The minimum absolute atomic E-state index is 0.307. The van der Waals surface area contributed by atoms with Crippen LogP contribution in [-0.2, 0) is 6.42 Å². The normalized spacial score (nSPS) is 17.3. The van der Waals surface area contributed by atoms with E-state index in [1.807, 2.05) is 11.8 Å². The van der Waals surface area contributed by atoms with Gasteiger partial charge in [0, 0.05) is 16.7 Å². The quantitative estimate of drug-likeness (QED) is 0.887. The van der Waals surface area contributed by atoms with E-state index in [0.29, 0.717) is 10.3 Å². The van der Waals surface area contributed by atoms with E-state index in [1.54, 1.807) is 6.07 Å². The summed E-state index contributed by atoms with van der Waals surface area (Å²) in [5.74, 6) is -0.307. The Hall–Kier alpha value is -1.19. The van der Waals surface area contributed by atoms with Gasteiger partial charge in [-0.2, -0.15) is 0 Å². The highest BCUT2D eigenvalue weighted by atomic mass is 35.5. The first-order chi connectivity index (χ1) is 9.22. The molecular formula is C15H13ClFNS. The molecule has 0 aliphatic carbocycles. The van der Waals surface area contributed by atoms with Gasteiger partial charge in [-0.15, -0.1) is 11.8 Å². The average molecular weight is 294 g/mol. The summed E-state index contributed by atoms with van der Waals surface area (Å²) in [6.45, 7) is 0.824. The smallest absolute Gasteiger partial charge is 0.124 e. The molecule has 1 unspecified atom stereocenters. The van der Waals surface area contributed by atoms with Crippen molar-refractivity contribution in [2.75, 3.05) is 11.9 Å². The molecule has 1 atom stereocenters. The molecule has 0 amide bonds. The second-order valence-electron chi connectivity index (χ2n) is 4.56. The minimum Gasteiger partial charge on any atom is -0.383 e. The summed E-state index contributed by atoms with van der Waals surface area (Å²) in [5.41, 5.74) is 2.20. The van der Waals surface area contributed by atoms with Gasteiger partial charge >= 0.3 is 0 Å². The number of nitrogens with one attached hydrogen (secondary N) is 1. The van der Waals surface area contributed by atoms with Gasteiger partial charge in [0.05, 0.1) is 10.7 Å². The van der Waals surface area contributed by atoms with Crippen LogP contribution in [0.2, 0.25) is 5.02 Å². The van der Waals surface area contributed by atoms with Gasteiger partial charge in [-0.1, -0.05) is 29.8 Å². The third-order valence-electron chi connectivity index (χ3n) is 3.17. The zero-order valence-corrected chi connectivity index (χ0v) is 11.8. The van der Waals surface area contributed by atoms with E-state index < -0.39 is 0 Å². The molecule has 0 saturated carbocycles. The van der Waals surface area contributed by atoms with Gasteiger partial charge < -0.3 is 5.32 Å². The second-order valence-corrected chi connectivity index (χ2v) is 6.31. The Morgan fingerprint density at radius 3 is 2.89 bits per heavy atom. The first-order valence-corrected chi connectivity index (χ1v) is 7.41. The van der Waals surface area contributed by atoms with Crippen LogP contribution < -0.4 is 5.32 Å². The summed E-state index contributed by atoms with van der Waals surface area (Å²) in [5, 5.41) is 4.23. The van der Waals surface area contributed by atoms with Crippen LogP contribution in [-0.4, -0.2) is 11.8 Å². The molecule has 1 heterocycles. The van der Waals surface area contributed by atoms with Crippen molar-refractivity contribution in [3.05, 3.63) is 58.9 Å². The van der Waals surface area contributed by atoms with E-state index in [9.17, 15) is 4.39 Å². The highest BCUT2D eigenvalue weighted by Crippen LogP contribution is 2.37. The SMILES string of the molecule is Fc1ccc(NCC2Cc3ccccc3S2)c(Cl)c1. The van der Waals surface area contributed by atoms with Gasteiger partial charge in [0.15, 0.2) is 0 Å². The molecule has 0 aromatic heterocycles. The molecule has 0 fully saturated rings. The van der Waals surface area contributed by atoms with E-state index in [4.69, 9.17) is 11.6 Å². The van der Waals surface area contributed by atoms with Crippen LogP contribution in [0.5, 0.6) is 0 Å². The number of fused-ring (bicyclic) bond motifs is 1. The lowest BCUT2D eigenvalue weighted by atomic mass is 10.1. The van der Waals surface area contributed by atoms with Gasteiger partial charge in [0.1, 0.15) is 5.82 Å². The number of hydrogen-bond donors (Lipinski definition) is 1. The van der Waals surface area contributed by atoms with E-state index in [-0.39, 0.29) is 5.82 Å². The first kappa shape index (κ1) is 12.8. The zero-order valence-electron chi connectivity index (χ0n) is 10.2. The monoisotopic (exact) mass is 293 g/mol. The molecule has 4 heteroatoms. The largest absolute Gasteiger partial charge is 0.383 e. The Morgan fingerprint density at radius 1 is 1.26 bits per heavy atom. The van der Waals surface area contributed by atoms with Crippen molar-refractivity contribution in [3.8, 4) is 0 Å². The van der Waals surface area contributed by atoms with Gasteiger partial charge in [-0.25, -0.2) is 4.39 Å². The highest BCUT2D eigenvalue weighted by Gasteiger charge is 2.21. The highest BCUT2D eigenvalue weighted by molar-refractivity contribution is 8.00. The summed E-state index contributed by atoms with van der Waals surface area (Å²) in [4.78, 5) is 1.36. The molecule has 1 nitrogen and oxygen atoms in total. The Labute approximate surface area is 121 Å². The van der Waals surface area contributed by atoms with E-state index in [2.05, 4.69) is 29.6 Å². The number of anilines is 1. The maximum absolute atomic E-state index is 13.0. The summed E-state index contributed by atoms with van der Waals surface area (Å²) in [6, 6.07) is 12.9. The molecule has 3 rings (SSSR count). The van der Waals surface area contributed by atoms with Crippen molar-refractivity contribution in [3.63, 3.8) is 0 Å². The van der Waals surface area contributed by atoms with Crippen molar-refractivity contribution < 1.29 is 4.39 Å². The molecule has 1 aliphatic heterocycles. The summed E-state index contributed by atoms with van der Waals surface area (Å²) < 4.78 is 13.0. The Morgan fingerprint density at radius 2 is 2.11 bits per heavy atom. The molecular weight excluding hydrogens is 281 g/mol. The van der Waals surface area contributed by atoms with Crippen molar-refractivity contribution in [2.24, 2.45) is 0 Å². The summed E-state index contributed by atoms with van der Waals surface area (Å²) in [7, 11) is 0. The molecule has 2 aromatic rings. The Kier molecular flexibility index (Phi) is 3.67. The molecule has 98 valence electrons. The predicted molar refractivity (Wildman–Crippen MR) is 79.7 cm³/mol. The number of rotatable bonds is 3. The lowest BCUT2D eigenvalue weighted by Gasteiger charge is -2.12. The molecule has 1 aliphatic rings. The molecule has 0 radical (unpaired) electrons. The molecule has 0 spiro atoms. The fourth-order valence-electron chi connectivity index (χ4n) is 2.22. The third kappa shape index (κ3) is 2.88. The third-order valence-corrected chi connectivity index (χ3v) is 4.80. The maximum Gasteiger partial charge on any atom is 0.124 e. The minimum atomic E-state index is -0.307. The van der Waals surface area contributed by atoms with Crippen LogP contribution in [0.15, 0.2) is 47.4 Å². The number of thioether (sulfide) groups is 1. The van der Waals surface area contributed by atoms with Gasteiger partial charge in [0.25, 0.3) is 0 Å². The van der Waals surface area contributed by atoms with Crippen LogP contribution in [0, 0.1) is 5.82 Å². The Bertz CT molecular complexity index is 577. The van der Waals surface area contributed by atoms with Crippen LogP contribution in [0.25, 0.3) is 0 Å². The molecule has 19 heavy (non-hydrogen) atoms. The molecule has 0 saturated heterocycles. The van der Waals surface area contributed by atoms with Gasteiger partial charge in [-0.3, -0.25) is 0 Å². The summed E-state index contributed by atoms with van der Waals surface area (Å²) >= 11 is 7.88. The van der Waals surface area contributed by atoms with Crippen molar-refractivity contribution >= 4 is 29.1 Å². The second kappa shape index (κ2) is 5.43. The zero-order chi connectivity index (χ0) is 13.2. The fourth-order valence-corrected chi connectivity index (χ4v) is 3.71. The van der Waals surface area contributed by atoms with Gasteiger partial charge in [0.2, 0.25) is 0 Å². The van der Waals surface area contributed by atoms with Crippen molar-refractivity contribution in [1.82, 2.24) is 0 Å². The van der Waals surface area contributed by atoms with E-state index in [1.165, 1.54) is 22.6 Å². The predicted octanol–water partition coefficient (Wildman–Crippen LogP) is 4.61. The standard InChI is InChI=1S/C15H13ClFNS/c16-13-8-11(17)5-6-14(13)18-9-12-7-10-3-1-2-4-15(10)19-12/h1-6,8,12,18H,7,9H2. The van der Waals surface area contributed by atoms with E-state index in [0.717, 1.165) is 18.7 Å². The topological polar surface area (TPSA) is 12.0 Å². The Balaban J connectivity index is 1.63. The fraction of sp³-hybridized carbons (Fsp3) is 0.200. The lowest BCUT2D eigenvalue weighted by Crippen LogP contribution is -2.16. The van der Waals surface area contributed by atoms with Gasteiger partial charge in [-0.05, 0) is 36.2 Å². The van der Waals surface area contributed by atoms with Crippen LogP contribution >= 0.6 is 23.4 Å². The average Bonchev–Trinajstić information content (AvgIpc) is 2.80. The molecule has 2 aromatic carbocycles. The van der Waals surface area contributed by atoms with Crippen LogP contribution in [0.3, 0.4) is 0 Å². The number of halogens is 2. The molecule has 0 bridgehead atoms. The lowest BCUT2D eigenvalue weighted by molar-refractivity contribution is 0.628. The first-order valence-electron chi connectivity index (χ1n) is 6.16. The van der Waals surface area contributed by atoms with E-state index >= 15 is 0 Å². The molecule has 1 N–H and O–H groups in total. The van der Waals surface area contributed by atoms with Crippen molar-refractivity contribution in [2.45, 2.75) is 16.6 Å². The van der Waals surface area contributed by atoms with Crippen LogP contribution in [0.1, 0.15) is 5.56 Å². The number of hydrogen-bond acceptors (Lipinski definition) is 2. The van der Waals surface area contributed by atoms with Crippen molar-refractivity contribution in [1.29, 1.82) is 0 Å². The van der Waals surface area contributed by atoms with Crippen LogP contribution in [0.4, 0.5) is 10.1 Å². The summed E-state index contributed by atoms with van der Waals surface area (Å²) in [6.07, 6.45) is 1.06.